The van der Waals surface area contributed by atoms with Gasteiger partial charge in [0.05, 0.1) is 37.6 Å². The fraction of sp³-hybridized carbons (Fsp3) is 0.676. The average Bonchev–Trinajstić information content (AvgIpc) is 3.04. The number of methoxy groups -OCH3 is 1. The first kappa shape index (κ1) is 35.0. The van der Waals surface area contributed by atoms with Gasteiger partial charge in [0, 0.05) is 13.0 Å². The van der Waals surface area contributed by atoms with E-state index in [1.807, 2.05) is 0 Å². The Hall–Kier alpha value is -2.44. The summed E-state index contributed by atoms with van der Waals surface area (Å²) in [5.74, 6) is 1.84. The highest BCUT2D eigenvalue weighted by Gasteiger charge is 2.31. The van der Waals surface area contributed by atoms with Gasteiger partial charge in [-0.25, -0.2) is 9.59 Å². The van der Waals surface area contributed by atoms with E-state index in [0.717, 1.165) is 30.6 Å². The van der Waals surface area contributed by atoms with Crippen LogP contribution >= 0.6 is 0 Å². The Kier molecular flexibility index (Phi) is 15.5. The number of hydrogen-bond donors (Lipinski definition) is 1. The number of aliphatic hydroxyl groups is 1. The van der Waals surface area contributed by atoms with Gasteiger partial charge in [-0.05, 0) is 99.0 Å². The lowest BCUT2D eigenvalue weighted by molar-refractivity contribution is -0.145. The third-order valence-electron chi connectivity index (χ3n) is 9.82. The molecule has 2 aliphatic carbocycles. The van der Waals surface area contributed by atoms with Crippen molar-refractivity contribution in [1.82, 2.24) is 0 Å². The SMILES string of the molecule is C=C(CO)C(=O)OCC(CCC1CCC(C2CCC(c3ccc(CCCCC)cc3)CC2)CC1)COC(=O)C(=C)COC. The van der Waals surface area contributed by atoms with Crippen molar-refractivity contribution in [1.29, 1.82) is 0 Å². The molecule has 2 aliphatic rings. The minimum Gasteiger partial charge on any atom is -0.462 e. The van der Waals surface area contributed by atoms with Crippen LogP contribution in [0, 0.1) is 23.7 Å². The summed E-state index contributed by atoms with van der Waals surface area (Å²) >= 11 is 0. The maximum absolute atomic E-state index is 12.2. The Morgan fingerprint density at radius 2 is 1.44 bits per heavy atom. The summed E-state index contributed by atoms with van der Waals surface area (Å²) in [4.78, 5) is 24.3. The molecule has 1 aromatic rings. The molecule has 6 heteroatoms. The molecule has 1 N–H and O–H groups in total. The van der Waals surface area contributed by atoms with E-state index in [1.54, 1.807) is 0 Å². The minimum atomic E-state index is -0.614. The summed E-state index contributed by atoms with van der Waals surface area (Å²) in [6.45, 7) is 9.46. The summed E-state index contributed by atoms with van der Waals surface area (Å²) in [5, 5.41) is 9.16. The van der Waals surface area contributed by atoms with E-state index >= 15 is 0 Å². The van der Waals surface area contributed by atoms with Gasteiger partial charge in [-0.15, -0.1) is 0 Å². The third-order valence-corrected chi connectivity index (χ3v) is 9.82. The van der Waals surface area contributed by atoms with Crippen molar-refractivity contribution in [2.75, 3.05) is 33.5 Å². The van der Waals surface area contributed by atoms with E-state index in [2.05, 4.69) is 44.3 Å². The zero-order chi connectivity index (χ0) is 31.0. The fourth-order valence-electron chi connectivity index (χ4n) is 6.98. The molecule has 1 aromatic carbocycles. The Labute approximate surface area is 260 Å². The van der Waals surface area contributed by atoms with E-state index in [9.17, 15) is 9.59 Å². The lowest BCUT2D eigenvalue weighted by Crippen LogP contribution is -2.26. The van der Waals surface area contributed by atoms with Crippen LogP contribution in [0.3, 0.4) is 0 Å². The topological polar surface area (TPSA) is 82.1 Å². The van der Waals surface area contributed by atoms with Crippen LogP contribution < -0.4 is 0 Å². The molecule has 240 valence electrons. The van der Waals surface area contributed by atoms with Crippen molar-refractivity contribution in [2.45, 2.75) is 103 Å². The average molecular weight is 597 g/mol. The first-order chi connectivity index (χ1) is 20.8. The lowest BCUT2D eigenvalue weighted by Gasteiger charge is -2.38. The second-order valence-corrected chi connectivity index (χ2v) is 13.0. The van der Waals surface area contributed by atoms with Crippen molar-refractivity contribution in [3.8, 4) is 0 Å². The lowest BCUT2D eigenvalue weighted by atomic mass is 9.68. The maximum atomic E-state index is 12.2. The number of ether oxygens (including phenoxy) is 3. The predicted octanol–water partition coefficient (Wildman–Crippen LogP) is 7.73. The Morgan fingerprint density at radius 1 is 0.860 bits per heavy atom. The number of rotatable bonds is 18. The summed E-state index contributed by atoms with van der Waals surface area (Å²) < 4.78 is 15.8. The molecule has 0 saturated heterocycles. The van der Waals surface area contributed by atoms with Gasteiger partial charge in [0.1, 0.15) is 0 Å². The monoisotopic (exact) mass is 596 g/mol. The van der Waals surface area contributed by atoms with Gasteiger partial charge in [-0.3, -0.25) is 0 Å². The fourth-order valence-corrected chi connectivity index (χ4v) is 6.98. The van der Waals surface area contributed by atoms with Crippen LogP contribution in [-0.4, -0.2) is 50.6 Å². The summed E-state index contributed by atoms with van der Waals surface area (Å²) in [6.07, 6.45) is 17.3. The van der Waals surface area contributed by atoms with Gasteiger partial charge >= 0.3 is 11.9 Å². The number of esters is 2. The highest BCUT2D eigenvalue weighted by atomic mass is 16.5. The van der Waals surface area contributed by atoms with Crippen molar-refractivity contribution in [2.24, 2.45) is 23.7 Å². The molecule has 3 rings (SSSR count). The van der Waals surface area contributed by atoms with Crippen LogP contribution in [0.5, 0.6) is 0 Å². The number of aliphatic hydroxyl groups excluding tert-OH is 1. The molecule has 2 fully saturated rings. The molecular formula is C37H56O6. The third kappa shape index (κ3) is 11.9. The van der Waals surface area contributed by atoms with E-state index in [0.29, 0.717) is 5.92 Å². The van der Waals surface area contributed by atoms with Crippen LogP contribution in [0.1, 0.15) is 107 Å². The second-order valence-electron chi connectivity index (χ2n) is 13.0. The first-order valence-electron chi connectivity index (χ1n) is 16.7. The molecule has 0 heterocycles. The van der Waals surface area contributed by atoms with Crippen LogP contribution in [-0.2, 0) is 30.2 Å². The number of unbranched alkanes of at least 4 members (excludes halogenated alkanes) is 2. The normalized spacial score (nSPS) is 22.9. The van der Waals surface area contributed by atoms with Crippen LogP contribution in [0.4, 0.5) is 0 Å². The maximum Gasteiger partial charge on any atom is 0.335 e. The predicted molar refractivity (Wildman–Crippen MR) is 172 cm³/mol. The van der Waals surface area contributed by atoms with Gasteiger partial charge in [-0.1, -0.05) is 70.0 Å². The Bertz CT molecular complexity index is 998. The number of benzene rings is 1. The summed E-state index contributed by atoms with van der Waals surface area (Å²) in [6, 6.07) is 9.51. The smallest absolute Gasteiger partial charge is 0.335 e. The van der Waals surface area contributed by atoms with Crippen molar-refractivity contribution < 1.29 is 28.9 Å². The Morgan fingerprint density at radius 3 is 2.00 bits per heavy atom. The zero-order valence-electron chi connectivity index (χ0n) is 26.8. The Balaban J connectivity index is 1.40. The molecule has 0 aromatic heterocycles. The van der Waals surface area contributed by atoms with E-state index < -0.39 is 18.5 Å². The van der Waals surface area contributed by atoms with Gasteiger partial charge in [-0.2, -0.15) is 0 Å². The first-order valence-corrected chi connectivity index (χ1v) is 16.7. The quantitative estimate of drug-likeness (QED) is 0.106. The summed E-state index contributed by atoms with van der Waals surface area (Å²) in [5.41, 5.74) is 3.30. The number of hydrogen-bond acceptors (Lipinski definition) is 6. The molecular weight excluding hydrogens is 540 g/mol. The molecule has 6 nitrogen and oxygen atoms in total. The molecule has 1 unspecified atom stereocenters. The minimum absolute atomic E-state index is 0.0206. The van der Waals surface area contributed by atoms with E-state index in [-0.39, 0.29) is 36.9 Å². The van der Waals surface area contributed by atoms with Gasteiger partial charge in [0.2, 0.25) is 0 Å². The standard InChI is InChI=1S/C37H56O6/c1-5-6-7-8-29-11-15-32(16-12-29)34-19-21-35(22-20-34)33-17-13-30(14-18-33)9-10-31(25-42-36(39)27(2)23-38)26-43-37(40)28(3)24-41-4/h11-12,15-16,30-31,33-35,38H,2-3,5-10,13-14,17-26H2,1,4H3. The largest absolute Gasteiger partial charge is 0.462 e. The number of carbonyl (C=O) groups is 2. The molecule has 0 spiro atoms. The highest BCUT2D eigenvalue weighted by molar-refractivity contribution is 5.88. The number of carbonyl (C=O) groups excluding carboxylic acids is 2. The van der Waals surface area contributed by atoms with Crippen LogP contribution in [0.25, 0.3) is 0 Å². The molecule has 43 heavy (non-hydrogen) atoms. The molecule has 0 radical (unpaired) electrons. The van der Waals surface area contributed by atoms with Gasteiger partial charge in [0.25, 0.3) is 0 Å². The van der Waals surface area contributed by atoms with Gasteiger partial charge in [0.15, 0.2) is 0 Å². The van der Waals surface area contributed by atoms with Gasteiger partial charge < -0.3 is 19.3 Å². The number of aryl methyl sites for hydroxylation is 1. The van der Waals surface area contributed by atoms with Crippen molar-refractivity contribution in [3.05, 3.63) is 59.7 Å². The molecule has 1 atom stereocenters. The van der Waals surface area contributed by atoms with E-state index in [4.69, 9.17) is 19.3 Å². The summed E-state index contributed by atoms with van der Waals surface area (Å²) in [7, 11) is 1.50. The molecule has 0 bridgehead atoms. The van der Waals surface area contributed by atoms with Crippen LogP contribution in [0.2, 0.25) is 0 Å². The molecule has 0 aliphatic heterocycles. The second kappa shape index (κ2) is 19.1. The molecule has 0 amide bonds. The van der Waals surface area contributed by atoms with Crippen molar-refractivity contribution in [3.63, 3.8) is 0 Å². The highest BCUT2D eigenvalue weighted by Crippen LogP contribution is 2.44. The zero-order valence-corrected chi connectivity index (χ0v) is 26.8. The van der Waals surface area contributed by atoms with Crippen molar-refractivity contribution >= 4 is 11.9 Å². The van der Waals surface area contributed by atoms with Crippen LogP contribution in [0.15, 0.2) is 48.6 Å². The molecule has 2 saturated carbocycles. The van der Waals surface area contributed by atoms with E-state index in [1.165, 1.54) is 95.3 Å².